The fraction of sp³-hybridized carbons (Fsp3) is 0.200. The predicted octanol–water partition coefficient (Wildman–Crippen LogP) is 3.09. The molecule has 26 heavy (non-hydrogen) atoms. The van der Waals surface area contributed by atoms with Gasteiger partial charge in [-0.25, -0.2) is 9.38 Å². The third-order valence-electron chi connectivity index (χ3n) is 4.56. The van der Waals surface area contributed by atoms with Crippen molar-refractivity contribution in [2.45, 2.75) is 13.8 Å². The Morgan fingerprint density at radius 3 is 2.50 bits per heavy atom. The molecule has 132 valence electrons. The zero-order valence-corrected chi connectivity index (χ0v) is 15.8. The van der Waals surface area contributed by atoms with E-state index in [0.29, 0.717) is 21.0 Å². The van der Waals surface area contributed by atoms with Crippen molar-refractivity contribution in [1.29, 1.82) is 0 Å². The largest absolute Gasteiger partial charge is 0.493 e. The highest BCUT2D eigenvalue weighted by atomic mass is 32.1. The minimum atomic E-state index is -0.0504. The monoisotopic (exact) mass is 366 g/mol. The fourth-order valence-corrected chi connectivity index (χ4v) is 4.00. The van der Waals surface area contributed by atoms with Crippen LogP contribution in [0.2, 0.25) is 0 Å². The lowest BCUT2D eigenvalue weighted by Crippen LogP contribution is -2.22. The maximum Gasteiger partial charge on any atom is 0.274 e. The van der Waals surface area contributed by atoms with E-state index in [9.17, 15) is 4.79 Å². The molecule has 0 N–H and O–H groups in total. The number of hydrogen-bond acceptors (Lipinski definition) is 5. The van der Waals surface area contributed by atoms with E-state index in [-0.39, 0.29) is 5.56 Å². The first-order valence-corrected chi connectivity index (χ1v) is 8.99. The van der Waals surface area contributed by atoms with E-state index in [0.717, 1.165) is 22.2 Å². The van der Waals surface area contributed by atoms with Crippen molar-refractivity contribution in [3.05, 3.63) is 61.9 Å². The van der Waals surface area contributed by atoms with E-state index in [1.54, 1.807) is 18.6 Å². The number of rotatable bonds is 3. The molecule has 0 saturated heterocycles. The Hall–Kier alpha value is -2.86. The number of aryl methyl sites for hydroxylation is 2. The van der Waals surface area contributed by atoms with Crippen LogP contribution in [-0.4, -0.2) is 23.6 Å². The predicted molar refractivity (Wildman–Crippen MR) is 105 cm³/mol. The molecule has 6 heteroatoms. The second kappa shape index (κ2) is 6.14. The lowest BCUT2D eigenvalue weighted by atomic mass is 10.1. The van der Waals surface area contributed by atoms with Crippen molar-refractivity contribution < 1.29 is 9.47 Å². The summed E-state index contributed by atoms with van der Waals surface area (Å²) in [4.78, 5) is 18.3. The molecule has 4 rings (SSSR count). The molecule has 0 aliphatic rings. The van der Waals surface area contributed by atoms with Gasteiger partial charge in [-0.3, -0.25) is 4.79 Å². The van der Waals surface area contributed by atoms with Gasteiger partial charge < -0.3 is 9.47 Å². The number of hydrogen-bond donors (Lipinski definition) is 0. The van der Waals surface area contributed by atoms with Gasteiger partial charge in [0.1, 0.15) is 0 Å². The Morgan fingerprint density at radius 1 is 1.04 bits per heavy atom. The van der Waals surface area contributed by atoms with Crippen LogP contribution in [0.5, 0.6) is 11.5 Å². The molecule has 0 bridgehead atoms. The van der Waals surface area contributed by atoms with Crippen molar-refractivity contribution in [1.82, 2.24) is 9.38 Å². The fourth-order valence-electron chi connectivity index (χ4n) is 3.01. The van der Waals surface area contributed by atoms with Crippen molar-refractivity contribution in [2.24, 2.45) is 0 Å². The molecule has 2 aromatic heterocycles. The molecule has 0 spiro atoms. The quantitative estimate of drug-likeness (QED) is 0.559. The Balaban J connectivity index is 1.93. The van der Waals surface area contributed by atoms with Gasteiger partial charge in [0.15, 0.2) is 16.5 Å². The van der Waals surface area contributed by atoms with Crippen LogP contribution in [0.1, 0.15) is 16.7 Å². The highest BCUT2D eigenvalue weighted by molar-refractivity contribution is 7.15. The molecule has 5 nitrogen and oxygen atoms in total. The molecular formula is C20H18N2O3S. The second-order valence-electron chi connectivity index (χ2n) is 6.19. The highest BCUT2D eigenvalue weighted by Gasteiger charge is 2.12. The van der Waals surface area contributed by atoms with Crippen LogP contribution in [0.4, 0.5) is 0 Å². The first-order chi connectivity index (χ1) is 12.5. The van der Waals surface area contributed by atoms with E-state index in [2.05, 4.69) is 11.9 Å². The Kier molecular flexibility index (Phi) is 3.92. The van der Waals surface area contributed by atoms with E-state index in [1.807, 2.05) is 43.3 Å². The zero-order chi connectivity index (χ0) is 18.4. The number of methoxy groups -OCH3 is 2. The third-order valence-corrected chi connectivity index (χ3v) is 5.53. The maximum atomic E-state index is 12.9. The number of benzene rings is 2. The van der Waals surface area contributed by atoms with Crippen LogP contribution in [0, 0.1) is 13.8 Å². The van der Waals surface area contributed by atoms with Crippen molar-refractivity contribution in [2.75, 3.05) is 14.2 Å². The summed E-state index contributed by atoms with van der Waals surface area (Å²) in [6, 6.07) is 9.64. The molecule has 0 saturated carbocycles. The maximum absolute atomic E-state index is 12.9. The molecule has 0 atom stereocenters. The number of aromatic nitrogens is 2. The van der Waals surface area contributed by atoms with Crippen LogP contribution in [0.3, 0.4) is 0 Å². The molecule has 0 aliphatic heterocycles. The summed E-state index contributed by atoms with van der Waals surface area (Å²) in [6.07, 6.45) is 1.86. The van der Waals surface area contributed by atoms with E-state index >= 15 is 0 Å². The smallest absolute Gasteiger partial charge is 0.274 e. The normalized spacial score (nSPS) is 12.2. The van der Waals surface area contributed by atoms with Crippen molar-refractivity contribution in [3.63, 3.8) is 0 Å². The van der Waals surface area contributed by atoms with Gasteiger partial charge in [0.05, 0.1) is 29.8 Å². The molecule has 0 unspecified atom stereocenters. The van der Waals surface area contributed by atoms with E-state index in [4.69, 9.17) is 9.47 Å². The first-order valence-electron chi connectivity index (χ1n) is 8.18. The molecule has 0 fully saturated rings. The SMILES string of the molecule is COc1ccc(/C=c2\sc3nc4cc(C)c(C)cc4n3c2=O)cc1OC. The van der Waals surface area contributed by atoms with Gasteiger partial charge in [-0.2, -0.15) is 0 Å². The molecule has 0 aliphatic carbocycles. The molecule has 4 aromatic rings. The Bertz CT molecular complexity index is 1250. The van der Waals surface area contributed by atoms with Crippen LogP contribution >= 0.6 is 11.3 Å². The van der Waals surface area contributed by atoms with Gasteiger partial charge in [0, 0.05) is 0 Å². The van der Waals surface area contributed by atoms with Crippen LogP contribution < -0.4 is 19.6 Å². The van der Waals surface area contributed by atoms with Gasteiger partial charge >= 0.3 is 0 Å². The molecule has 2 aromatic carbocycles. The van der Waals surface area contributed by atoms with Gasteiger partial charge in [-0.1, -0.05) is 17.4 Å². The lowest BCUT2D eigenvalue weighted by Gasteiger charge is -2.07. The highest BCUT2D eigenvalue weighted by Crippen LogP contribution is 2.28. The minimum Gasteiger partial charge on any atom is -0.493 e. The average molecular weight is 366 g/mol. The number of ether oxygens (including phenoxy) is 2. The van der Waals surface area contributed by atoms with Gasteiger partial charge in [-0.15, -0.1) is 0 Å². The summed E-state index contributed by atoms with van der Waals surface area (Å²) in [5.74, 6) is 1.29. The molecule has 0 radical (unpaired) electrons. The van der Waals surface area contributed by atoms with E-state index in [1.165, 1.54) is 16.9 Å². The summed E-state index contributed by atoms with van der Waals surface area (Å²) < 4.78 is 12.9. The number of thiazole rings is 1. The van der Waals surface area contributed by atoms with Gasteiger partial charge in [0.25, 0.3) is 5.56 Å². The molecular weight excluding hydrogens is 348 g/mol. The van der Waals surface area contributed by atoms with Gasteiger partial charge in [-0.05, 0) is 60.9 Å². The second-order valence-corrected chi connectivity index (χ2v) is 7.19. The van der Waals surface area contributed by atoms with Crippen LogP contribution in [0.15, 0.2) is 35.1 Å². The summed E-state index contributed by atoms with van der Waals surface area (Å²) in [7, 11) is 3.19. The zero-order valence-electron chi connectivity index (χ0n) is 15.0. The van der Waals surface area contributed by atoms with Crippen LogP contribution in [-0.2, 0) is 0 Å². The Morgan fingerprint density at radius 2 is 1.77 bits per heavy atom. The number of nitrogens with zero attached hydrogens (tertiary/aromatic N) is 2. The van der Waals surface area contributed by atoms with Crippen molar-refractivity contribution >= 4 is 33.4 Å². The minimum absolute atomic E-state index is 0.0504. The number of fused-ring (bicyclic) bond motifs is 3. The van der Waals surface area contributed by atoms with Crippen molar-refractivity contribution in [3.8, 4) is 11.5 Å². The third kappa shape index (κ3) is 2.54. The Labute approximate surface area is 154 Å². The standard InChI is InChI=1S/C20H18N2O3S/c1-11-7-14-15(8-12(11)2)22-19(23)18(26-20(22)21-14)10-13-5-6-16(24-3)17(9-13)25-4/h5-10H,1-4H3/b18-10-. The van der Waals surface area contributed by atoms with E-state index < -0.39 is 0 Å². The summed E-state index contributed by atoms with van der Waals surface area (Å²) >= 11 is 1.39. The number of imidazole rings is 1. The summed E-state index contributed by atoms with van der Waals surface area (Å²) in [6.45, 7) is 4.10. The summed E-state index contributed by atoms with van der Waals surface area (Å²) in [5, 5.41) is 0. The first kappa shape index (κ1) is 16.6. The molecule has 0 amide bonds. The van der Waals surface area contributed by atoms with Gasteiger partial charge in [0.2, 0.25) is 0 Å². The lowest BCUT2D eigenvalue weighted by molar-refractivity contribution is 0.355. The average Bonchev–Trinajstić information content (AvgIpc) is 3.12. The molecule has 2 heterocycles. The topological polar surface area (TPSA) is 52.8 Å². The van der Waals surface area contributed by atoms with Crippen LogP contribution in [0.25, 0.3) is 22.1 Å². The summed E-state index contributed by atoms with van der Waals surface area (Å²) in [5.41, 5.74) is 4.86.